The highest BCUT2D eigenvalue weighted by molar-refractivity contribution is 5.59. The number of aryl methyl sites for hydroxylation is 2. The molecule has 1 heterocycles. The quantitative estimate of drug-likeness (QED) is 0.876. The van der Waals surface area contributed by atoms with E-state index < -0.39 is 0 Å². The molecule has 1 aliphatic rings. The molecule has 0 saturated carbocycles. The molecule has 0 unspecified atom stereocenters. The third-order valence-corrected chi connectivity index (χ3v) is 3.59. The summed E-state index contributed by atoms with van der Waals surface area (Å²) in [4.78, 5) is 9.09. The Bertz CT molecular complexity index is 573. The summed E-state index contributed by atoms with van der Waals surface area (Å²) in [5, 5.41) is 0. The molecule has 0 radical (unpaired) electrons. The van der Waals surface area contributed by atoms with Crippen molar-refractivity contribution in [2.45, 2.75) is 32.6 Å². The maximum atomic E-state index is 6.02. The first kappa shape index (κ1) is 11.2. The maximum Gasteiger partial charge on any atom is 0.161 e. The van der Waals surface area contributed by atoms with Crippen LogP contribution in [0.25, 0.3) is 11.4 Å². The van der Waals surface area contributed by atoms with Gasteiger partial charge >= 0.3 is 0 Å². The van der Waals surface area contributed by atoms with E-state index in [1.165, 1.54) is 5.56 Å². The van der Waals surface area contributed by atoms with E-state index in [4.69, 9.17) is 5.73 Å². The van der Waals surface area contributed by atoms with E-state index in [9.17, 15) is 0 Å². The van der Waals surface area contributed by atoms with Crippen molar-refractivity contribution in [1.82, 2.24) is 9.97 Å². The molecule has 0 saturated heterocycles. The number of fused-ring (bicyclic) bond motifs is 1. The topological polar surface area (TPSA) is 51.8 Å². The number of rotatable bonds is 2. The Morgan fingerprint density at radius 3 is 2.61 bits per heavy atom. The Morgan fingerprint density at radius 2 is 1.89 bits per heavy atom. The molecular weight excluding hydrogens is 222 g/mol. The van der Waals surface area contributed by atoms with Crippen LogP contribution >= 0.6 is 0 Å². The van der Waals surface area contributed by atoms with Gasteiger partial charge in [-0.1, -0.05) is 31.2 Å². The molecule has 0 atom stereocenters. The van der Waals surface area contributed by atoms with Gasteiger partial charge in [0, 0.05) is 16.8 Å². The Hall–Kier alpha value is -1.90. The summed E-state index contributed by atoms with van der Waals surface area (Å²) in [5.41, 5.74) is 10.7. The summed E-state index contributed by atoms with van der Waals surface area (Å²) < 4.78 is 0. The summed E-state index contributed by atoms with van der Waals surface area (Å²) in [7, 11) is 0. The molecule has 1 aromatic carbocycles. The lowest BCUT2D eigenvalue weighted by Gasteiger charge is -2.07. The van der Waals surface area contributed by atoms with Gasteiger partial charge in [0.2, 0.25) is 0 Å². The highest BCUT2D eigenvalue weighted by Gasteiger charge is 2.18. The van der Waals surface area contributed by atoms with E-state index in [-0.39, 0.29) is 0 Å². The van der Waals surface area contributed by atoms with E-state index in [1.807, 2.05) is 0 Å². The van der Waals surface area contributed by atoms with E-state index in [0.717, 1.165) is 48.3 Å². The van der Waals surface area contributed by atoms with Crippen LogP contribution in [0.15, 0.2) is 24.3 Å². The molecule has 3 heteroatoms. The molecule has 0 spiro atoms. The average Bonchev–Trinajstić information content (AvgIpc) is 2.88. The van der Waals surface area contributed by atoms with Crippen LogP contribution in [0.5, 0.6) is 0 Å². The lowest BCUT2D eigenvalue weighted by molar-refractivity contribution is 0.900. The van der Waals surface area contributed by atoms with E-state index in [0.29, 0.717) is 5.82 Å². The first-order valence-electron chi connectivity index (χ1n) is 6.52. The highest BCUT2D eigenvalue weighted by atomic mass is 15.0. The molecule has 1 aromatic heterocycles. The summed E-state index contributed by atoms with van der Waals surface area (Å²) in [6.45, 7) is 2.15. The summed E-state index contributed by atoms with van der Waals surface area (Å²) in [6.07, 6.45) is 4.25. The van der Waals surface area contributed by atoms with Gasteiger partial charge in [0.05, 0.1) is 0 Å². The number of aromatic nitrogens is 2. The largest absolute Gasteiger partial charge is 0.383 e. The van der Waals surface area contributed by atoms with Gasteiger partial charge in [0.1, 0.15) is 5.82 Å². The van der Waals surface area contributed by atoms with E-state index in [1.54, 1.807) is 0 Å². The minimum Gasteiger partial charge on any atom is -0.383 e. The zero-order valence-electron chi connectivity index (χ0n) is 10.6. The zero-order valence-corrected chi connectivity index (χ0v) is 10.6. The monoisotopic (exact) mass is 239 g/mol. The molecule has 0 fully saturated rings. The van der Waals surface area contributed by atoms with Crippen molar-refractivity contribution in [3.63, 3.8) is 0 Å². The van der Waals surface area contributed by atoms with Crippen molar-refractivity contribution >= 4 is 5.82 Å². The van der Waals surface area contributed by atoms with Crippen LogP contribution in [0.2, 0.25) is 0 Å². The third-order valence-electron chi connectivity index (χ3n) is 3.59. The minimum absolute atomic E-state index is 0.659. The van der Waals surface area contributed by atoms with Gasteiger partial charge < -0.3 is 5.73 Å². The molecule has 2 aromatic rings. The van der Waals surface area contributed by atoms with E-state index >= 15 is 0 Å². The van der Waals surface area contributed by atoms with Gasteiger partial charge in [0.25, 0.3) is 0 Å². The van der Waals surface area contributed by atoms with Gasteiger partial charge in [-0.05, 0) is 31.2 Å². The second kappa shape index (κ2) is 4.41. The van der Waals surface area contributed by atoms with Crippen LogP contribution in [-0.4, -0.2) is 9.97 Å². The molecule has 3 nitrogen and oxygen atoms in total. The van der Waals surface area contributed by atoms with Crippen molar-refractivity contribution in [3.05, 3.63) is 41.1 Å². The molecule has 92 valence electrons. The van der Waals surface area contributed by atoms with Gasteiger partial charge in [0.15, 0.2) is 5.82 Å². The number of anilines is 1. The van der Waals surface area contributed by atoms with Crippen molar-refractivity contribution < 1.29 is 0 Å². The lowest BCUT2D eigenvalue weighted by Crippen LogP contribution is -2.02. The zero-order chi connectivity index (χ0) is 12.5. The number of benzene rings is 1. The first-order valence-corrected chi connectivity index (χ1v) is 6.52. The average molecular weight is 239 g/mol. The van der Waals surface area contributed by atoms with Gasteiger partial charge in [-0.3, -0.25) is 0 Å². The third kappa shape index (κ3) is 1.86. The number of nitrogens with two attached hydrogens (primary N) is 1. The number of hydrogen-bond acceptors (Lipinski definition) is 3. The molecule has 0 aliphatic heterocycles. The summed E-state index contributed by atoms with van der Waals surface area (Å²) in [5.74, 6) is 1.42. The van der Waals surface area contributed by atoms with Gasteiger partial charge in [-0.25, -0.2) is 9.97 Å². The summed E-state index contributed by atoms with van der Waals surface area (Å²) in [6, 6.07) is 8.41. The number of hydrogen-bond donors (Lipinski definition) is 1. The number of nitrogens with zero attached hydrogens (tertiary/aromatic N) is 2. The molecule has 3 rings (SSSR count). The Kier molecular flexibility index (Phi) is 2.74. The predicted molar refractivity (Wildman–Crippen MR) is 73.3 cm³/mol. The summed E-state index contributed by atoms with van der Waals surface area (Å²) >= 11 is 0. The smallest absolute Gasteiger partial charge is 0.161 e. The first-order chi connectivity index (χ1) is 8.78. The van der Waals surface area contributed by atoms with Crippen LogP contribution in [0.3, 0.4) is 0 Å². The number of nitrogen functional groups attached to an aromatic ring is 1. The second-order valence-electron chi connectivity index (χ2n) is 4.76. The minimum atomic E-state index is 0.659. The molecule has 2 N–H and O–H groups in total. The van der Waals surface area contributed by atoms with Crippen molar-refractivity contribution in [2.24, 2.45) is 0 Å². The van der Waals surface area contributed by atoms with Crippen LogP contribution < -0.4 is 5.73 Å². The molecule has 0 amide bonds. The predicted octanol–water partition coefficient (Wildman–Crippen LogP) is 2.78. The molecule has 0 bridgehead atoms. The fourth-order valence-electron chi connectivity index (χ4n) is 2.48. The SMILES string of the molecule is CCc1ccc(-c2nc(N)c3c(n2)CCC3)cc1. The Morgan fingerprint density at radius 1 is 1.11 bits per heavy atom. The maximum absolute atomic E-state index is 6.02. The van der Waals surface area contributed by atoms with Crippen LogP contribution in [0, 0.1) is 0 Å². The van der Waals surface area contributed by atoms with Crippen LogP contribution in [0.4, 0.5) is 5.82 Å². The van der Waals surface area contributed by atoms with E-state index in [2.05, 4.69) is 41.2 Å². The molecule has 1 aliphatic carbocycles. The fraction of sp³-hybridized carbons (Fsp3) is 0.333. The highest BCUT2D eigenvalue weighted by Crippen LogP contribution is 2.27. The standard InChI is InChI=1S/C15H17N3/c1-2-10-6-8-11(9-7-10)15-17-13-5-3-4-12(13)14(16)18-15/h6-9H,2-5H2,1H3,(H2,16,17,18). The molecule has 18 heavy (non-hydrogen) atoms. The Labute approximate surface area is 107 Å². The van der Waals surface area contributed by atoms with Crippen LogP contribution in [0.1, 0.15) is 30.2 Å². The van der Waals surface area contributed by atoms with Crippen molar-refractivity contribution in [3.8, 4) is 11.4 Å². The normalized spacial score (nSPS) is 13.6. The second-order valence-corrected chi connectivity index (χ2v) is 4.76. The molecular formula is C15H17N3. The van der Waals surface area contributed by atoms with Gasteiger partial charge in [-0.2, -0.15) is 0 Å². The van der Waals surface area contributed by atoms with Crippen molar-refractivity contribution in [1.29, 1.82) is 0 Å². The van der Waals surface area contributed by atoms with Crippen LogP contribution in [-0.2, 0) is 19.3 Å². The van der Waals surface area contributed by atoms with Crippen molar-refractivity contribution in [2.75, 3.05) is 5.73 Å². The lowest BCUT2D eigenvalue weighted by atomic mass is 10.1. The fourth-order valence-corrected chi connectivity index (χ4v) is 2.48. The van der Waals surface area contributed by atoms with Gasteiger partial charge in [-0.15, -0.1) is 0 Å². The Balaban J connectivity index is 2.03.